The van der Waals surface area contributed by atoms with E-state index in [1.807, 2.05) is 42.5 Å². The van der Waals surface area contributed by atoms with Gasteiger partial charge in [0.05, 0.1) is 39.2 Å². The van der Waals surface area contributed by atoms with E-state index in [1.54, 1.807) is 12.4 Å². The van der Waals surface area contributed by atoms with Gasteiger partial charge in [0.15, 0.2) is 0 Å². The molecule has 7 rings (SSSR count). The van der Waals surface area contributed by atoms with Gasteiger partial charge in [0.25, 0.3) is 0 Å². The molecule has 6 N–H and O–H groups in total. The van der Waals surface area contributed by atoms with Gasteiger partial charge in [-0.25, -0.2) is 9.59 Å². The molecule has 16 heteroatoms. The second-order valence-electron chi connectivity index (χ2n) is 15.2. The zero-order valence-corrected chi connectivity index (χ0v) is 33.1. The van der Waals surface area contributed by atoms with Gasteiger partial charge in [-0.1, -0.05) is 38.1 Å². The summed E-state index contributed by atoms with van der Waals surface area (Å²) in [6.07, 6.45) is 14.4. The maximum absolute atomic E-state index is 12.0. The average molecular weight is 837 g/mol. The summed E-state index contributed by atoms with van der Waals surface area (Å²) < 4.78 is 26.5. The Labute approximate surface area is 319 Å². The summed E-state index contributed by atoms with van der Waals surface area (Å²) >= 11 is 2.01. The first-order chi connectivity index (χ1) is 24.5. The highest BCUT2D eigenvalue weighted by Crippen LogP contribution is 2.38. The number of aliphatic hydroxyl groups is 2. The largest absolute Gasteiger partial charge is 0.486 e. The van der Waals surface area contributed by atoms with E-state index in [9.17, 15) is 19.8 Å². The van der Waals surface area contributed by atoms with Crippen molar-refractivity contribution in [2.75, 3.05) is 11.5 Å². The fourth-order valence-electron chi connectivity index (χ4n) is 6.03. The second-order valence-corrected chi connectivity index (χ2v) is 16.3. The van der Waals surface area contributed by atoms with E-state index in [0.717, 1.165) is 11.5 Å². The fourth-order valence-corrected chi connectivity index (χ4v) is 6.46. The molecule has 0 amide bonds. The third-order valence-corrected chi connectivity index (χ3v) is 11.2. The first kappa shape index (κ1) is 40.6. The van der Waals surface area contributed by atoms with Crippen LogP contribution in [0.4, 0.5) is 11.6 Å². The number of ether oxygens (including phenoxy) is 2. The fraction of sp³-hybridized carbons (Fsp3) is 0.667. The molecule has 2 aliphatic carbocycles. The van der Waals surface area contributed by atoms with Gasteiger partial charge in [0, 0.05) is 30.8 Å². The Morgan fingerprint density at radius 1 is 0.827 bits per heavy atom. The minimum atomic E-state index is -0.546. The van der Waals surface area contributed by atoms with Crippen LogP contribution in [0.1, 0.15) is 111 Å². The average Bonchev–Trinajstić information content (AvgIpc) is 4.00. The van der Waals surface area contributed by atoms with Gasteiger partial charge in [-0.05, 0) is 101 Å². The smallest absolute Gasteiger partial charge is 0.400 e. The monoisotopic (exact) mass is 836 g/mol. The van der Waals surface area contributed by atoms with Crippen LogP contribution in [0.25, 0.3) is 6.08 Å². The second kappa shape index (κ2) is 16.8. The van der Waals surface area contributed by atoms with Crippen LogP contribution in [-0.2, 0) is 18.8 Å². The Morgan fingerprint density at radius 2 is 1.29 bits per heavy atom. The van der Waals surface area contributed by atoms with Crippen LogP contribution in [0, 0.1) is 15.4 Å². The summed E-state index contributed by atoms with van der Waals surface area (Å²) in [6, 6.07) is 0. The molecule has 2 saturated carbocycles. The molecule has 286 valence electrons. The molecule has 5 aliphatic rings. The number of halogens is 1. The summed E-state index contributed by atoms with van der Waals surface area (Å²) in [4.78, 5) is 31.3. The number of nitrogen functional groups attached to an aromatic ring is 2. The summed E-state index contributed by atoms with van der Waals surface area (Å²) in [5, 5.41) is 19.7. The molecule has 6 atom stereocenters. The Hall–Kier alpha value is -2.61. The van der Waals surface area contributed by atoms with Crippen molar-refractivity contribution in [1.29, 1.82) is 0 Å². The minimum Gasteiger partial charge on any atom is -0.400 e. The Bertz CT molecular complexity index is 1710. The lowest BCUT2D eigenvalue weighted by Gasteiger charge is -2.32. The quantitative estimate of drug-likeness (QED) is 0.217. The summed E-state index contributed by atoms with van der Waals surface area (Å²) in [6.45, 7) is 12.2. The highest BCUT2D eigenvalue weighted by Gasteiger charge is 2.50. The molecule has 0 bridgehead atoms. The van der Waals surface area contributed by atoms with Crippen molar-refractivity contribution in [3.63, 3.8) is 0 Å². The van der Waals surface area contributed by atoms with Crippen molar-refractivity contribution in [3.05, 3.63) is 60.6 Å². The number of nitrogens with two attached hydrogens (primary N) is 2. The van der Waals surface area contributed by atoms with Gasteiger partial charge in [-0.15, -0.1) is 0 Å². The van der Waals surface area contributed by atoms with Gasteiger partial charge in [0.2, 0.25) is 0 Å². The summed E-state index contributed by atoms with van der Waals surface area (Å²) in [5.41, 5.74) is 10.8. The third-order valence-electron chi connectivity index (χ3n) is 10.4. The van der Waals surface area contributed by atoms with E-state index in [-0.39, 0.29) is 42.2 Å². The number of aliphatic hydroxyl groups excluding tert-OH is 2. The maximum atomic E-state index is 12.0. The highest BCUT2D eigenvalue weighted by atomic mass is 127. The zero-order chi connectivity index (χ0) is 38.0. The van der Waals surface area contributed by atoms with Crippen LogP contribution in [-0.4, -0.2) is 72.1 Å². The van der Waals surface area contributed by atoms with E-state index in [4.69, 9.17) is 30.2 Å². The number of anilines is 2. The Kier molecular flexibility index (Phi) is 13.1. The van der Waals surface area contributed by atoms with Crippen molar-refractivity contribution in [3.8, 4) is 0 Å². The number of aromatic nitrogens is 4. The Balaban J connectivity index is 0.000000154. The van der Waals surface area contributed by atoms with Crippen molar-refractivity contribution in [2.24, 2.45) is 11.8 Å². The standard InChI is InChI=1S/C15H21N3O3.C11H19BO2.C10H14IN3O3/c1-2-12-11(19)7-13(21-12)18-8-10(6-5-9-3-4-9)14(16)17-15(18)20;1-10(2)11(3,4)14-12(13-10)8-7-9-5-6-9;1-2-7-6(15)3-8(17-7)14-4-5(11)9(12)13-10(14)16/h5-6,8-9,11-13,19H,2-4,7H2,1H3,(H2,16,17,20);7-9H,5-6H2,1-4H3;4,6-8,15H,2-3H2,1H3,(H2,12,13,16)/b6-5+;8-7+;/t11?,12-,13-;;6?,7-,8-/m1.1/s1. The lowest BCUT2D eigenvalue weighted by molar-refractivity contribution is -0.0217. The number of nitrogens with zero attached hydrogens (tertiary/aromatic N) is 4. The molecule has 2 aromatic rings. The molecular formula is C36H54BIN6O8. The zero-order valence-electron chi connectivity index (χ0n) is 31.0. The van der Waals surface area contributed by atoms with Gasteiger partial charge >= 0.3 is 18.5 Å². The van der Waals surface area contributed by atoms with E-state index in [2.05, 4.69) is 55.8 Å². The SMILES string of the molecule is CC1(C)OB(/C=C/C2CC2)OC1(C)C.CC[C@H]1O[C@@H](n2cc(/C=C/C3CC3)c(N)nc2=O)CC1O.CC[C@H]1O[C@@H](n2cc(I)c(N)nc2=O)CC1O. The van der Waals surface area contributed by atoms with Gasteiger partial charge in [-0.2, -0.15) is 9.97 Å². The molecule has 5 fully saturated rings. The topological polar surface area (TPSA) is 199 Å². The number of rotatable bonds is 8. The number of hydrogen-bond acceptors (Lipinski definition) is 12. The van der Waals surface area contributed by atoms with Crippen molar-refractivity contribution < 1.29 is 29.0 Å². The van der Waals surface area contributed by atoms with E-state index >= 15 is 0 Å². The molecule has 14 nitrogen and oxygen atoms in total. The van der Waals surface area contributed by atoms with Crippen molar-refractivity contribution in [1.82, 2.24) is 19.1 Å². The van der Waals surface area contributed by atoms with Gasteiger partial charge in [0.1, 0.15) is 24.1 Å². The molecule has 5 heterocycles. The first-order valence-corrected chi connectivity index (χ1v) is 19.4. The van der Waals surface area contributed by atoms with Crippen LogP contribution in [0.3, 0.4) is 0 Å². The lowest BCUT2D eigenvalue weighted by atomic mass is 9.89. The predicted molar refractivity (Wildman–Crippen MR) is 208 cm³/mol. The number of allylic oxidation sites excluding steroid dienone is 2. The van der Waals surface area contributed by atoms with Crippen LogP contribution < -0.4 is 22.8 Å². The molecule has 0 aromatic carbocycles. The van der Waals surface area contributed by atoms with Gasteiger partial charge < -0.3 is 40.5 Å². The first-order valence-electron chi connectivity index (χ1n) is 18.3. The molecule has 3 saturated heterocycles. The van der Waals surface area contributed by atoms with Crippen LogP contribution in [0.15, 0.2) is 40.1 Å². The van der Waals surface area contributed by atoms with Crippen molar-refractivity contribution >= 4 is 47.4 Å². The van der Waals surface area contributed by atoms with Crippen LogP contribution >= 0.6 is 22.6 Å². The summed E-state index contributed by atoms with van der Waals surface area (Å²) in [5.74, 6) is 3.93. The molecule has 2 unspecified atom stereocenters. The minimum absolute atomic E-state index is 0.152. The Morgan fingerprint density at radius 3 is 1.75 bits per heavy atom. The molecule has 0 spiro atoms. The lowest BCUT2D eigenvalue weighted by Crippen LogP contribution is -2.41. The van der Waals surface area contributed by atoms with Crippen LogP contribution in [0.2, 0.25) is 0 Å². The van der Waals surface area contributed by atoms with E-state index in [1.165, 1.54) is 34.8 Å². The number of hydrogen-bond donors (Lipinski definition) is 4. The van der Waals surface area contributed by atoms with Crippen LogP contribution in [0.5, 0.6) is 0 Å². The van der Waals surface area contributed by atoms with E-state index < -0.39 is 36.0 Å². The molecule has 0 radical (unpaired) electrons. The van der Waals surface area contributed by atoms with E-state index in [0.29, 0.717) is 35.2 Å². The normalized spacial score (nSPS) is 29.3. The van der Waals surface area contributed by atoms with Crippen molar-refractivity contribution in [2.45, 2.75) is 141 Å². The molecule has 2 aromatic heterocycles. The molecule has 52 heavy (non-hydrogen) atoms. The third kappa shape index (κ3) is 10.1. The maximum Gasteiger partial charge on any atom is 0.486 e. The van der Waals surface area contributed by atoms with Gasteiger partial charge in [-0.3, -0.25) is 9.13 Å². The predicted octanol–water partition coefficient (Wildman–Crippen LogP) is 4.38. The summed E-state index contributed by atoms with van der Waals surface area (Å²) in [7, 11) is -0.152. The molecule has 3 aliphatic heterocycles. The highest BCUT2D eigenvalue weighted by molar-refractivity contribution is 14.1. The molecular weight excluding hydrogens is 782 g/mol.